The first-order valence-electron chi connectivity index (χ1n) is 7.83. The highest BCUT2D eigenvalue weighted by Gasteiger charge is 2.16. The summed E-state index contributed by atoms with van der Waals surface area (Å²) in [5.41, 5.74) is 1.35. The summed E-state index contributed by atoms with van der Waals surface area (Å²) in [5, 5.41) is 19.2. The van der Waals surface area contributed by atoms with Crippen LogP contribution in [0, 0.1) is 10.1 Å². The van der Waals surface area contributed by atoms with Gasteiger partial charge in [-0.1, -0.05) is 0 Å². The summed E-state index contributed by atoms with van der Waals surface area (Å²) in [6, 6.07) is 11.9. The minimum absolute atomic E-state index is 0.0155. The van der Waals surface area contributed by atoms with Crippen molar-refractivity contribution in [1.82, 2.24) is 9.97 Å². The van der Waals surface area contributed by atoms with Gasteiger partial charge in [-0.05, 0) is 42.5 Å². The largest absolute Gasteiger partial charge is 0.490 e. The van der Waals surface area contributed by atoms with Gasteiger partial charge < -0.3 is 10.1 Å². The monoisotopic (exact) mass is 401 g/mol. The summed E-state index contributed by atoms with van der Waals surface area (Å²) in [6.07, 6.45) is 1.50. The third kappa shape index (κ3) is 4.22. The molecule has 0 unspecified atom stereocenters. The molecule has 10 nitrogen and oxygen atoms in total. The second-order valence-corrected chi connectivity index (χ2v) is 7.17. The van der Waals surface area contributed by atoms with E-state index in [-0.39, 0.29) is 22.3 Å². The molecule has 0 atom stereocenters. The summed E-state index contributed by atoms with van der Waals surface area (Å²) in [7, 11) is -2.42. The smallest absolute Gasteiger partial charge is 0.311 e. The Bertz CT molecular complexity index is 1130. The topological polar surface area (TPSA) is 150 Å². The number of nitrogens with two attached hydrogens (primary N) is 1. The number of aromatic nitrogens is 2. The first kappa shape index (κ1) is 19.2. The molecule has 3 aromatic rings. The van der Waals surface area contributed by atoms with Gasteiger partial charge in [0.15, 0.2) is 5.75 Å². The number of nitrogens with one attached hydrogen (secondary N) is 1. The number of benzene rings is 2. The highest BCUT2D eigenvalue weighted by Crippen LogP contribution is 2.31. The van der Waals surface area contributed by atoms with Gasteiger partial charge in [0.2, 0.25) is 16.0 Å². The van der Waals surface area contributed by atoms with E-state index in [4.69, 9.17) is 9.88 Å². The average Bonchev–Trinajstić information content (AvgIpc) is 2.67. The Hall–Kier alpha value is -3.57. The summed E-state index contributed by atoms with van der Waals surface area (Å²) >= 11 is 0. The molecular formula is C17H15N5O5S. The Balaban J connectivity index is 1.89. The zero-order valence-electron chi connectivity index (χ0n) is 14.6. The summed E-state index contributed by atoms with van der Waals surface area (Å²) in [5.74, 6) is 0.385. The van der Waals surface area contributed by atoms with E-state index >= 15 is 0 Å². The fourth-order valence-corrected chi connectivity index (χ4v) is 2.94. The first-order chi connectivity index (χ1) is 13.3. The number of methoxy groups -OCH3 is 1. The van der Waals surface area contributed by atoms with Gasteiger partial charge in [-0.15, -0.1) is 0 Å². The maximum atomic E-state index is 11.3. The molecular weight excluding hydrogens is 386 g/mol. The highest BCUT2D eigenvalue weighted by atomic mass is 32.2. The normalized spacial score (nSPS) is 11.1. The number of anilines is 2. The average molecular weight is 401 g/mol. The predicted octanol–water partition coefficient (Wildman–Crippen LogP) is 2.45. The predicted molar refractivity (Wildman–Crippen MR) is 102 cm³/mol. The fourth-order valence-electron chi connectivity index (χ4n) is 2.43. The van der Waals surface area contributed by atoms with E-state index in [1.54, 1.807) is 12.1 Å². The Morgan fingerprint density at radius 1 is 1.14 bits per heavy atom. The molecule has 144 valence electrons. The number of nitro groups is 1. The van der Waals surface area contributed by atoms with Crippen LogP contribution in [0.5, 0.6) is 5.75 Å². The van der Waals surface area contributed by atoms with Crippen molar-refractivity contribution in [2.24, 2.45) is 5.14 Å². The Labute approximate surface area is 160 Å². The van der Waals surface area contributed by atoms with Crippen LogP contribution in [-0.4, -0.2) is 30.4 Å². The molecule has 2 aromatic carbocycles. The SMILES string of the molecule is COc1ccc(-c2ccnc(Nc3ccc(S(N)(=O)=O)cc3)n2)cc1[N+](=O)[O-]. The van der Waals surface area contributed by atoms with E-state index in [0.717, 1.165) is 0 Å². The molecule has 0 fully saturated rings. The fraction of sp³-hybridized carbons (Fsp3) is 0.0588. The second-order valence-electron chi connectivity index (χ2n) is 5.60. The van der Waals surface area contributed by atoms with Gasteiger partial charge in [0.25, 0.3) is 0 Å². The molecule has 1 aromatic heterocycles. The van der Waals surface area contributed by atoms with Crippen molar-refractivity contribution in [3.63, 3.8) is 0 Å². The van der Waals surface area contributed by atoms with Gasteiger partial charge >= 0.3 is 5.69 Å². The lowest BCUT2D eigenvalue weighted by Gasteiger charge is -2.08. The van der Waals surface area contributed by atoms with Crippen LogP contribution >= 0.6 is 0 Å². The number of nitro benzene ring substituents is 1. The van der Waals surface area contributed by atoms with Gasteiger partial charge in [-0.2, -0.15) is 0 Å². The van der Waals surface area contributed by atoms with Crippen LogP contribution in [0.4, 0.5) is 17.3 Å². The van der Waals surface area contributed by atoms with Crippen LogP contribution in [0.3, 0.4) is 0 Å². The van der Waals surface area contributed by atoms with Gasteiger partial charge in [-0.3, -0.25) is 10.1 Å². The molecule has 3 rings (SSSR count). The number of ether oxygens (including phenoxy) is 1. The quantitative estimate of drug-likeness (QED) is 0.472. The number of primary sulfonamides is 1. The Kier molecular flexibility index (Phi) is 5.20. The van der Waals surface area contributed by atoms with Crippen molar-refractivity contribution in [2.75, 3.05) is 12.4 Å². The van der Waals surface area contributed by atoms with E-state index in [0.29, 0.717) is 16.9 Å². The molecule has 0 aliphatic heterocycles. The van der Waals surface area contributed by atoms with E-state index < -0.39 is 14.9 Å². The van der Waals surface area contributed by atoms with Crippen LogP contribution in [0.2, 0.25) is 0 Å². The van der Waals surface area contributed by atoms with Gasteiger partial charge in [0.05, 0.1) is 22.6 Å². The lowest BCUT2D eigenvalue weighted by Crippen LogP contribution is -2.11. The molecule has 11 heteroatoms. The highest BCUT2D eigenvalue weighted by molar-refractivity contribution is 7.89. The van der Waals surface area contributed by atoms with Crippen molar-refractivity contribution >= 4 is 27.3 Å². The minimum atomic E-state index is -3.78. The summed E-state index contributed by atoms with van der Waals surface area (Å²) in [4.78, 5) is 19.1. The molecule has 0 radical (unpaired) electrons. The minimum Gasteiger partial charge on any atom is -0.490 e. The van der Waals surface area contributed by atoms with Crippen molar-refractivity contribution in [3.8, 4) is 17.0 Å². The molecule has 0 bridgehead atoms. The summed E-state index contributed by atoms with van der Waals surface area (Å²) in [6.45, 7) is 0. The van der Waals surface area contributed by atoms with E-state index in [9.17, 15) is 18.5 Å². The number of nitrogens with zero attached hydrogens (tertiary/aromatic N) is 3. The Morgan fingerprint density at radius 2 is 1.86 bits per heavy atom. The molecule has 0 aliphatic rings. The molecule has 0 amide bonds. The van der Waals surface area contributed by atoms with Crippen LogP contribution in [0.1, 0.15) is 0 Å². The van der Waals surface area contributed by atoms with Crippen LogP contribution in [-0.2, 0) is 10.0 Å². The molecule has 0 aliphatic carbocycles. The van der Waals surface area contributed by atoms with E-state index in [1.165, 1.54) is 49.7 Å². The number of hydrogen-bond acceptors (Lipinski definition) is 8. The molecule has 0 saturated heterocycles. The maximum absolute atomic E-state index is 11.3. The Morgan fingerprint density at radius 3 is 2.46 bits per heavy atom. The van der Waals surface area contributed by atoms with Crippen LogP contribution < -0.4 is 15.2 Å². The molecule has 0 saturated carbocycles. The van der Waals surface area contributed by atoms with Crippen molar-refractivity contribution in [2.45, 2.75) is 4.90 Å². The zero-order valence-corrected chi connectivity index (χ0v) is 15.4. The van der Waals surface area contributed by atoms with Gasteiger partial charge in [0, 0.05) is 23.5 Å². The first-order valence-corrected chi connectivity index (χ1v) is 9.38. The molecule has 28 heavy (non-hydrogen) atoms. The number of hydrogen-bond donors (Lipinski definition) is 2. The third-order valence-corrected chi connectivity index (χ3v) is 4.70. The van der Waals surface area contributed by atoms with E-state index in [1.807, 2.05) is 0 Å². The molecule has 0 spiro atoms. The number of sulfonamides is 1. The lowest BCUT2D eigenvalue weighted by atomic mass is 10.1. The van der Waals surface area contributed by atoms with Gasteiger partial charge in [-0.25, -0.2) is 23.5 Å². The van der Waals surface area contributed by atoms with Crippen molar-refractivity contribution < 1.29 is 18.1 Å². The van der Waals surface area contributed by atoms with Gasteiger partial charge in [0.1, 0.15) is 0 Å². The second kappa shape index (κ2) is 7.58. The molecule has 3 N–H and O–H groups in total. The van der Waals surface area contributed by atoms with Crippen LogP contribution in [0.25, 0.3) is 11.3 Å². The third-order valence-electron chi connectivity index (χ3n) is 3.77. The number of rotatable bonds is 6. The van der Waals surface area contributed by atoms with E-state index in [2.05, 4.69) is 15.3 Å². The maximum Gasteiger partial charge on any atom is 0.311 e. The zero-order chi connectivity index (χ0) is 20.3. The summed E-state index contributed by atoms with van der Waals surface area (Å²) < 4.78 is 27.6. The van der Waals surface area contributed by atoms with Crippen LogP contribution in [0.15, 0.2) is 59.6 Å². The van der Waals surface area contributed by atoms with Crippen molar-refractivity contribution in [3.05, 3.63) is 64.8 Å². The molecule has 1 heterocycles. The standard InChI is InChI=1S/C17H15N5O5S/c1-27-16-7-2-11(10-15(16)22(23)24)14-8-9-19-17(21-14)20-12-3-5-13(6-4-12)28(18,25)26/h2-10H,1H3,(H2,18,25,26)(H,19,20,21). The van der Waals surface area contributed by atoms with Crippen molar-refractivity contribution in [1.29, 1.82) is 0 Å². The lowest BCUT2D eigenvalue weighted by molar-refractivity contribution is -0.385.